The first-order chi connectivity index (χ1) is 13.7. The van der Waals surface area contributed by atoms with Crippen LogP contribution in [0.4, 0.5) is 0 Å². The number of likely N-dealkylation sites (tertiary alicyclic amines) is 1. The lowest BCUT2D eigenvalue weighted by atomic mass is 9.99. The maximum atomic E-state index is 12.5. The van der Waals surface area contributed by atoms with Crippen molar-refractivity contribution in [3.8, 4) is 0 Å². The van der Waals surface area contributed by atoms with E-state index in [0.29, 0.717) is 23.3 Å². The fourth-order valence-corrected chi connectivity index (χ4v) is 4.38. The van der Waals surface area contributed by atoms with Gasteiger partial charge in [0.25, 0.3) is 5.56 Å². The predicted octanol–water partition coefficient (Wildman–Crippen LogP) is 4.56. The summed E-state index contributed by atoms with van der Waals surface area (Å²) in [5.74, 6) is 0. The minimum absolute atomic E-state index is 0.0957. The number of pyridine rings is 1. The van der Waals surface area contributed by atoms with Gasteiger partial charge in [-0.2, -0.15) is 0 Å². The third-order valence-electron chi connectivity index (χ3n) is 5.57. The van der Waals surface area contributed by atoms with E-state index in [0.717, 1.165) is 18.7 Å². The summed E-state index contributed by atoms with van der Waals surface area (Å²) >= 11 is 6.01. The van der Waals surface area contributed by atoms with E-state index in [4.69, 9.17) is 16.6 Å². The van der Waals surface area contributed by atoms with Crippen molar-refractivity contribution in [2.45, 2.75) is 31.8 Å². The van der Waals surface area contributed by atoms with Crippen LogP contribution in [0.1, 0.15) is 36.7 Å². The Morgan fingerprint density at radius 3 is 2.93 bits per heavy atom. The van der Waals surface area contributed by atoms with Crippen LogP contribution in [0, 0.1) is 0 Å². The molecule has 0 bridgehead atoms. The standard InChI is InChI=1S/C22H21ClN4O/c23-16-8-9-21-24-17(12-22(28)27(21)13-16)14-26-10-4-3-7-20(26)19-11-15-5-1-2-6-18(15)25-19/h1-2,5-6,8-9,11-13,20,25H,3-4,7,10,14H2. The molecule has 0 spiro atoms. The molecule has 142 valence electrons. The molecule has 1 aliphatic heterocycles. The molecule has 1 atom stereocenters. The highest BCUT2D eigenvalue weighted by atomic mass is 35.5. The second-order valence-corrected chi connectivity index (χ2v) is 7.89. The minimum Gasteiger partial charge on any atom is -0.357 e. The van der Waals surface area contributed by atoms with Crippen molar-refractivity contribution in [1.29, 1.82) is 0 Å². The largest absolute Gasteiger partial charge is 0.357 e. The summed E-state index contributed by atoms with van der Waals surface area (Å²) in [6.45, 7) is 1.66. The first-order valence-corrected chi connectivity index (χ1v) is 10.0. The summed E-state index contributed by atoms with van der Waals surface area (Å²) < 4.78 is 1.50. The van der Waals surface area contributed by atoms with Crippen LogP contribution in [-0.2, 0) is 6.54 Å². The van der Waals surface area contributed by atoms with Crippen molar-refractivity contribution in [3.05, 3.63) is 81.5 Å². The number of H-pyrrole nitrogens is 1. The van der Waals surface area contributed by atoms with E-state index in [9.17, 15) is 4.79 Å². The van der Waals surface area contributed by atoms with Gasteiger partial charge in [-0.15, -0.1) is 0 Å². The Balaban J connectivity index is 1.48. The molecule has 1 fully saturated rings. The van der Waals surface area contributed by atoms with E-state index in [-0.39, 0.29) is 5.56 Å². The van der Waals surface area contributed by atoms with Gasteiger partial charge in [0.15, 0.2) is 0 Å². The normalized spacial score (nSPS) is 18.1. The molecule has 3 aromatic heterocycles. The van der Waals surface area contributed by atoms with Crippen molar-refractivity contribution in [1.82, 2.24) is 19.3 Å². The highest BCUT2D eigenvalue weighted by Crippen LogP contribution is 2.33. The molecule has 1 unspecified atom stereocenters. The van der Waals surface area contributed by atoms with Crippen LogP contribution in [0.15, 0.2) is 59.5 Å². The molecule has 0 amide bonds. The number of piperidine rings is 1. The Hall–Kier alpha value is -2.63. The number of halogens is 1. The van der Waals surface area contributed by atoms with Crippen LogP contribution in [0.5, 0.6) is 0 Å². The average molecular weight is 393 g/mol. The molecule has 1 aliphatic rings. The molecule has 6 heteroatoms. The maximum Gasteiger partial charge on any atom is 0.258 e. The molecule has 5 nitrogen and oxygen atoms in total. The highest BCUT2D eigenvalue weighted by Gasteiger charge is 2.26. The van der Waals surface area contributed by atoms with E-state index in [2.05, 4.69) is 40.2 Å². The molecule has 1 aromatic carbocycles. The van der Waals surface area contributed by atoms with Crippen molar-refractivity contribution in [3.63, 3.8) is 0 Å². The number of aromatic amines is 1. The van der Waals surface area contributed by atoms with Gasteiger partial charge < -0.3 is 4.98 Å². The zero-order chi connectivity index (χ0) is 19.1. The van der Waals surface area contributed by atoms with Crippen molar-refractivity contribution < 1.29 is 0 Å². The Kier molecular flexibility index (Phi) is 4.41. The van der Waals surface area contributed by atoms with Crippen LogP contribution < -0.4 is 5.56 Å². The van der Waals surface area contributed by atoms with Gasteiger partial charge >= 0.3 is 0 Å². The quantitative estimate of drug-likeness (QED) is 0.556. The maximum absolute atomic E-state index is 12.5. The highest BCUT2D eigenvalue weighted by molar-refractivity contribution is 6.30. The number of rotatable bonds is 3. The smallest absolute Gasteiger partial charge is 0.258 e. The van der Waals surface area contributed by atoms with E-state index >= 15 is 0 Å². The lowest BCUT2D eigenvalue weighted by molar-refractivity contribution is 0.136. The molecule has 1 saturated heterocycles. The Bertz CT molecular complexity index is 1180. The third kappa shape index (κ3) is 3.21. The van der Waals surface area contributed by atoms with Crippen LogP contribution >= 0.6 is 11.6 Å². The van der Waals surface area contributed by atoms with Crippen LogP contribution in [0.25, 0.3) is 16.6 Å². The number of para-hydroxylation sites is 1. The molecular weight excluding hydrogens is 372 g/mol. The fourth-order valence-electron chi connectivity index (χ4n) is 4.22. The van der Waals surface area contributed by atoms with Gasteiger partial charge in [-0.3, -0.25) is 14.1 Å². The molecule has 0 aliphatic carbocycles. The molecule has 5 rings (SSSR count). The third-order valence-corrected chi connectivity index (χ3v) is 5.79. The van der Waals surface area contributed by atoms with Gasteiger partial charge in [-0.1, -0.05) is 36.2 Å². The first-order valence-electron chi connectivity index (χ1n) is 9.67. The Morgan fingerprint density at radius 2 is 2.04 bits per heavy atom. The first kappa shape index (κ1) is 17.5. The summed E-state index contributed by atoms with van der Waals surface area (Å²) in [4.78, 5) is 23.2. The Morgan fingerprint density at radius 1 is 1.14 bits per heavy atom. The number of fused-ring (bicyclic) bond motifs is 2. The molecule has 4 aromatic rings. The molecule has 4 heterocycles. The van der Waals surface area contributed by atoms with Crippen molar-refractivity contribution >= 4 is 28.2 Å². The number of aromatic nitrogens is 3. The fraction of sp³-hybridized carbons (Fsp3) is 0.273. The molecule has 1 N–H and O–H groups in total. The van der Waals surface area contributed by atoms with Crippen LogP contribution in [0.3, 0.4) is 0 Å². The number of hydrogen-bond acceptors (Lipinski definition) is 3. The average Bonchev–Trinajstić information content (AvgIpc) is 3.13. The van der Waals surface area contributed by atoms with E-state index in [1.165, 1.54) is 33.8 Å². The molecule has 0 saturated carbocycles. The topological polar surface area (TPSA) is 53.4 Å². The zero-order valence-corrected chi connectivity index (χ0v) is 16.2. The minimum atomic E-state index is -0.0957. The Labute approximate surface area is 167 Å². The van der Waals surface area contributed by atoms with Crippen molar-refractivity contribution in [2.24, 2.45) is 0 Å². The van der Waals surface area contributed by atoms with Gasteiger partial charge in [0.1, 0.15) is 5.65 Å². The van der Waals surface area contributed by atoms with Crippen LogP contribution in [-0.4, -0.2) is 25.8 Å². The summed E-state index contributed by atoms with van der Waals surface area (Å²) in [6, 6.07) is 16.1. The monoisotopic (exact) mass is 392 g/mol. The van der Waals surface area contributed by atoms with Gasteiger partial charge in [0.05, 0.1) is 16.8 Å². The van der Waals surface area contributed by atoms with Gasteiger partial charge in [-0.25, -0.2) is 4.98 Å². The predicted molar refractivity (Wildman–Crippen MR) is 112 cm³/mol. The van der Waals surface area contributed by atoms with Crippen LogP contribution in [0.2, 0.25) is 5.02 Å². The van der Waals surface area contributed by atoms with E-state index < -0.39 is 0 Å². The second kappa shape index (κ2) is 7.08. The van der Waals surface area contributed by atoms with E-state index in [1.54, 1.807) is 24.4 Å². The van der Waals surface area contributed by atoms with Gasteiger partial charge in [0, 0.05) is 30.0 Å². The molecule has 0 radical (unpaired) electrons. The zero-order valence-electron chi connectivity index (χ0n) is 15.4. The number of benzene rings is 1. The SMILES string of the molecule is O=c1cc(CN2CCCCC2c2cc3ccccc3[nH]2)nc2ccc(Cl)cn12. The summed E-state index contributed by atoms with van der Waals surface area (Å²) in [5.41, 5.74) is 3.75. The summed E-state index contributed by atoms with van der Waals surface area (Å²) in [5, 5.41) is 1.76. The van der Waals surface area contributed by atoms with Gasteiger partial charge in [-0.05, 0) is 49.0 Å². The number of nitrogens with one attached hydrogen (secondary N) is 1. The van der Waals surface area contributed by atoms with Gasteiger partial charge in [0.2, 0.25) is 0 Å². The molecule has 28 heavy (non-hydrogen) atoms. The summed E-state index contributed by atoms with van der Waals surface area (Å²) in [6.07, 6.45) is 5.10. The molecular formula is C22H21ClN4O. The lowest BCUT2D eigenvalue weighted by Crippen LogP contribution is -2.34. The van der Waals surface area contributed by atoms with Crippen molar-refractivity contribution in [2.75, 3.05) is 6.54 Å². The second-order valence-electron chi connectivity index (χ2n) is 7.46. The van der Waals surface area contributed by atoms with E-state index in [1.807, 2.05) is 0 Å². The number of nitrogens with zero attached hydrogens (tertiary/aromatic N) is 3. The summed E-state index contributed by atoms with van der Waals surface area (Å²) in [7, 11) is 0. The lowest BCUT2D eigenvalue weighted by Gasteiger charge is -2.35. The number of hydrogen-bond donors (Lipinski definition) is 1.